The number of phenols is 1. The minimum absolute atomic E-state index is 0.0171. The maximum Gasteiger partial charge on any atom is 0.319 e. The number of piperazine rings is 1. The van der Waals surface area contributed by atoms with E-state index in [0.29, 0.717) is 61.5 Å². The lowest BCUT2D eigenvalue weighted by atomic mass is 9.85. The Morgan fingerprint density at radius 1 is 0.987 bits per heavy atom. The third kappa shape index (κ3) is 11.7. The topological polar surface area (TPSA) is 208 Å². The fourth-order valence-electron chi connectivity index (χ4n) is 11.7. The van der Waals surface area contributed by atoms with Gasteiger partial charge in [0.15, 0.2) is 5.82 Å². The van der Waals surface area contributed by atoms with Gasteiger partial charge in [-0.15, -0.1) is 11.3 Å². The van der Waals surface area contributed by atoms with Crippen molar-refractivity contribution in [2.24, 2.45) is 5.41 Å². The lowest BCUT2D eigenvalue weighted by Crippen LogP contribution is -2.58. The van der Waals surface area contributed by atoms with E-state index in [1.807, 2.05) is 89.5 Å². The smallest absolute Gasteiger partial charge is 0.319 e. The number of aliphatic hydroxyl groups excluding tert-OH is 1. The van der Waals surface area contributed by atoms with Gasteiger partial charge in [-0.05, 0) is 97.5 Å². The lowest BCUT2D eigenvalue weighted by Gasteiger charge is -2.35. The molecule has 0 spiro atoms. The molecule has 5 N–H and O–H groups in total. The Hall–Kier alpha value is -6.38. The highest BCUT2D eigenvalue weighted by Crippen LogP contribution is 2.39. The zero-order valence-electron chi connectivity index (χ0n) is 44.9. The number of amides is 3. The summed E-state index contributed by atoms with van der Waals surface area (Å²) in [5.41, 5.74) is 5.74. The minimum atomic E-state index is -0.960. The zero-order valence-corrected chi connectivity index (χ0v) is 45.7. The predicted octanol–water partition coefficient (Wildman–Crippen LogP) is 7.24. The Balaban J connectivity index is 0.747. The van der Waals surface area contributed by atoms with Crippen molar-refractivity contribution in [1.82, 2.24) is 45.7 Å². The molecule has 4 saturated heterocycles. The van der Waals surface area contributed by atoms with Crippen molar-refractivity contribution in [3.63, 3.8) is 0 Å². The number of ether oxygens (including phenoxy) is 2. The van der Waals surface area contributed by atoms with Crippen molar-refractivity contribution >= 4 is 56.6 Å². The van der Waals surface area contributed by atoms with Crippen molar-refractivity contribution < 1.29 is 38.5 Å². The number of rotatable bonds is 18. The predicted molar refractivity (Wildman–Crippen MR) is 295 cm³/mol. The van der Waals surface area contributed by atoms with Gasteiger partial charge >= 0.3 is 6.01 Å². The van der Waals surface area contributed by atoms with Gasteiger partial charge in [-0.25, -0.2) is 9.37 Å². The number of carbonyl (C=O) groups is 3. The van der Waals surface area contributed by atoms with Gasteiger partial charge in [0.1, 0.15) is 41.5 Å². The molecular weight excluding hydrogens is 1000 g/mol. The molecule has 3 aromatic carbocycles. The Bertz CT molecular complexity index is 3120. The van der Waals surface area contributed by atoms with Gasteiger partial charge in [0, 0.05) is 68.9 Å². The molecular formula is C58H71FN10O7S. The van der Waals surface area contributed by atoms with Crippen molar-refractivity contribution in [3.8, 4) is 33.5 Å². The second kappa shape index (κ2) is 22.9. The van der Waals surface area contributed by atoms with E-state index in [1.54, 1.807) is 29.7 Å². The van der Waals surface area contributed by atoms with Gasteiger partial charge < -0.3 is 45.4 Å². The molecule has 408 valence electrons. The van der Waals surface area contributed by atoms with E-state index in [0.717, 1.165) is 70.3 Å². The van der Waals surface area contributed by atoms with Gasteiger partial charge in [-0.1, -0.05) is 70.2 Å². The summed E-state index contributed by atoms with van der Waals surface area (Å²) in [7, 11) is 0. The standard InChI is InChI=1S/C58H71FN10O7S/c1-7-35-10-8-11-38-24-42(70)25-44(48(35)38)50-49(59)51-45(27-60-50)54(68-28-39-17-18-40(29-68)63-39)66-57(65-51)76-31-41-12-9-20-67(41)21-23-75-22-19-47(72)64-53(58(4,5)6)56(74)69-30-43(71)26-46(69)55(73)62-33(2)36-13-15-37(16-14-36)52-34(3)61-32-77-52/h8,10-11,13-16,24-25,27,32-33,39-41,43,46,53,63,70-71H,7,9,12,17-23,26,28-31H2,1-6H3,(H,62,73)(H,64,72)/t33-,39-,40+,41-,43+,46-,53+/m0/s1. The second-order valence-corrected chi connectivity index (χ2v) is 23.2. The van der Waals surface area contributed by atoms with Crippen molar-refractivity contribution in [1.29, 1.82) is 0 Å². The highest BCUT2D eigenvalue weighted by Gasteiger charge is 2.45. The summed E-state index contributed by atoms with van der Waals surface area (Å²) in [6, 6.07) is 15.5. The summed E-state index contributed by atoms with van der Waals surface area (Å²) in [5.74, 6) is -1.16. The number of likely N-dealkylation sites (tertiary alicyclic amines) is 2. The summed E-state index contributed by atoms with van der Waals surface area (Å²) >= 11 is 1.57. The molecule has 7 atom stereocenters. The van der Waals surface area contributed by atoms with Gasteiger partial charge in [0.25, 0.3) is 0 Å². The average Bonchev–Trinajstić information content (AvgIpc) is 4.24. The van der Waals surface area contributed by atoms with Crippen LogP contribution >= 0.6 is 11.3 Å². The number of fused-ring (bicyclic) bond motifs is 4. The average molecular weight is 1070 g/mol. The second-order valence-electron chi connectivity index (χ2n) is 22.3. The number of nitrogens with zero attached hydrogens (tertiary/aromatic N) is 7. The Kier molecular flexibility index (Phi) is 16.1. The molecule has 4 aliphatic rings. The first-order valence-electron chi connectivity index (χ1n) is 27.2. The van der Waals surface area contributed by atoms with Crippen molar-refractivity contribution in [2.45, 2.75) is 129 Å². The number of hydrogen-bond acceptors (Lipinski definition) is 15. The lowest BCUT2D eigenvalue weighted by molar-refractivity contribution is -0.144. The number of nitrogens with one attached hydrogen (secondary N) is 3. The number of β-amino-alcohol motifs (C(OH)–C–C–N with tert-alkyl or cyclic N) is 1. The SMILES string of the molecule is CCc1cccc2cc(O)cc(-c3ncc4c(N5C[C@H]6CC[C@@H](C5)N6)nc(OC[C@@H]5CCCN5CCOCCC(=O)N[C@H](C(=O)N5C[C@H](O)C[C@H]5C(=O)N[C@@H](C)c5ccc(-c6scnc6C)cc5)C(C)(C)C)nc4c3F)c12. The minimum Gasteiger partial charge on any atom is -0.508 e. The summed E-state index contributed by atoms with van der Waals surface area (Å²) < 4.78 is 29.6. The first-order valence-corrected chi connectivity index (χ1v) is 28.1. The molecule has 0 unspecified atom stereocenters. The summed E-state index contributed by atoms with van der Waals surface area (Å²) in [6.45, 7) is 15.1. The summed E-state index contributed by atoms with van der Waals surface area (Å²) in [6.07, 6.45) is 5.52. The van der Waals surface area contributed by atoms with Crippen LogP contribution in [0.2, 0.25) is 0 Å². The van der Waals surface area contributed by atoms with Crippen LogP contribution in [0.15, 0.2) is 66.3 Å². The maximum atomic E-state index is 17.2. The normalized spacial score (nSPS) is 21.5. The van der Waals surface area contributed by atoms with Gasteiger partial charge in [-0.2, -0.15) is 9.97 Å². The summed E-state index contributed by atoms with van der Waals surface area (Å²) in [5, 5.41) is 33.3. The van der Waals surface area contributed by atoms with E-state index in [2.05, 4.69) is 30.7 Å². The van der Waals surface area contributed by atoms with Crippen LogP contribution < -0.4 is 25.6 Å². The van der Waals surface area contributed by atoms with E-state index in [4.69, 9.17) is 24.4 Å². The monoisotopic (exact) mass is 1070 g/mol. The maximum absolute atomic E-state index is 17.2. The number of carbonyl (C=O) groups excluding carboxylic acids is 3. The number of aryl methyl sites for hydroxylation is 2. The Morgan fingerprint density at radius 3 is 2.49 bits per heavy atom. The van der Waals surface area contributed by atoms with E-state index < -0.39 is 35.3 Å². The molecule has 0 saturated carbocycles. The van der Waals surface area contributed by atoms with Crippen LogP contribution in [0.3, 0.4) is 0 Å². The first kappa shape index (κ1) is 54.0. The number of aromatic hydroxyl groups is 1. The van der Waals surface area contributed by atoms with Crippen LogP contribution in [-0.2, 0) is 25.5 Å². The Labute approximate surface area is 453 Å². The molecule has 0 radical (unpaired) electrons. The molecule has 7 heterocycles. The van der Waals surface area contributed by atoms with Crippen LogP contribution in [0, 0.1) is 18.2 Å². The van der Waals surface area contributed by atoms with E-state index >= 15 is 4.39 Å². The van der Waals surface area contributed by atoms with Crippen LogP contribution in [0.5, 0.6) is 11.8 Å². The van der Waals surface area contributed by atoms with Gasteiger partial charge in [0.05, 0.1) is 46.8 Å². The molecule has 10 rings (SSSR count). The quantitative estimate of drug-likeness (QED) is 0.0538. The molecule has 3 aromatic heterocycles. The third-order valence-corrected chi connectivity index (χ3v) is 16.8. The molecule has 4 fully saturated rings. The molecule has 3 amide bonds. The number of halogens is 1. The van der Waals surface area contributed by atoms with Crippen LogP contribution in [0.4, 0.5) is 10.2 Å². The fraction of sp³-hybridized carbons (Fsp3) is 0.500. The van der Waals surface area contributed by atoms with Crippen molar-refractivity contribution in [3.05, 3.63) is 88.9 Å². The van der Waals surface area contributed by atoms with E-state index in [-0.39, 0.29) is 79.5 Å². The first-order chi connectivity index (χ1) is 37.0. The molecule has 0 aliphatic carbocycles. The fourth-order valence-corrected chi connectivity index (χ4v) is 12.5. The third-order valence-electron chi connectivity index (χ3n) is 15.8. The number of aromatic nitrogens is 4. The van der Waals surface area contributed by atoms with Gasteiger partial charge in [0.2, 0.25) is 17.7 Å². The molecule has 77 heavy (non-hydrogen) atoms. The number of thiazole rings is 1. The molecule has 6 aromatic rings. The van der Waals surface area contributed by atoms with Crippen LogP contribution in [0.1, 0.15) is 96.0 Å². The molecule has 17 nitrogen and oxygen atoms in total. The van der Waals surface area contributed by atoms with E-state index in [9.17, 15) is 24.6 Å². The van der Waals surface area contributed by atoms with Crippen molar-refractivity contribution in [2.75, 3.05) is 57.4 Å². The zero-order chi connectivity index (χ0) is 54.1. The van der Waals surface area contributed by atoms with Crippen LogP contribution in [-0.4, -0.2) is 147 Å². The number of benzene rings is 3. The number of hydrogen-bond donors (Lipinski definition) is 5. The molecule has 4 aliphatic heterocycles. The van der Waals surface area contributed by atoms with E-state index in [1.165, 1.54) is 4.90 Å². The Morgan fingerprint density at radius 2 is 1.77 bits per heavy atom. The molecule has 2 bridgehead atoms. The number of aliphatic hydroxyl groups is 1. The number of pyridine rings is 1. The number of anilines is 1. The largest absolute Gasteiger partial charge is 0.508 e. The summed E-state index contributed by atoms with van der Waals surface area (Å²) in [4.78, 5) is 67.2. The molecule has 19 heteroatoms. The highest BCUT2D eigenvalue weighted by atomic mass is 32.1. The number of phenolic OH excluding ortho intramolecular Hbond substituents is 1. The highest BCUT2D eigenvalue weighted by molar-refractivity contribution is 7.13. The van der Waals surface area contributed by atoms with Crippen LogP contribution in [0.25, 0.3) is 43.4 Å². The van der Waals surface area contributed by atoms with Gasteiger partial charge in [-0.3, -0.25) is 24.3 Å².